The number of phenols is 1. The molecule has 1 aromatic carbocycles. The number of likely N-dealkylation sites (tertiary alicyclic amines) is 1. The number of rotatable bonds is 10. The van der Waals surface area contributed by atoms with Crippen molar-refractivity contribution < 1.29 is 42.2 Å². The first-order chi connectivity index (χ1) is 22.8. The van der Waals surface area contributed by atoms with Gasteiger partial charge in [-0.25, -0.2) is 18.2 Å². The van der Waals surface area contributed by atoms with Gasteiger partial charge in [0.1, 0.15) is 35.1 Å². The maximum absolute atomic E-state index is 14.4. The van der Waals surface area contributed by atoms with Gasteiger partial charge in [-0.2, -0.15) is 0 Å². The van der Waals surface area contributed by atoms with Crippen LogP contribution in [-0.4, -0.2) is 88.3 Å². The zero-order valence-electron chi connectivity index (χ0n) is 28.6. The van der Waals surface area contributed by atoms with Crippen LogP contribution in [-0.2, 0) is 29.1 Å². The van der Waals surface area contributed by atoms with Gasteiger partial charge in [-0.1, -0.05) is 32.9 Å². The fourth-order valence-corrected chi connectivity index (χ4v) is 7.41. The molecule has 2 aliphatic carbocycles. The van der Waals surface area contributed by atoms with Gasteiger partial charge in [-0.15, -0.1) is 6.58 Å². The lowest BCUT2D eigenvalue weighted by Gasteiger charge is -2.36. The van der Waals surface area contributed by atoms with Crippen molar-refractivity contribution in [3.8, 4) is 11.6 Å². The standard InChI is InChI=1S/C34H45N5O9S/c1-8-19-17-34(19,30(43)38-49(45,46)21-12-13-21)37-27(41)24-16-20(47-28-23-10-9-11-25(40)22(23)14-15-35-28)18-39(24)29(42)26(32(2,3)4)36-31(44)48-33(5,6)7/h8-11,14-15,19-21,24,26,40H,1,12-13,16-18H2,2-7H3,(H,36,44)(H,37,41)(H,38,43)/t19-,20-,24-,26-,34-/m1/s1. The lowest BCUT2D eigenvalue weighted by atomic mass is 9.85. The third-order valence-electron chi connectivity index (χ3n) is 8.90. The van der Waals surface area contributed by atoms with Crippen molar-refractivity contribution in [1.29, 1.82) is 0 Å². The number of aromatic nitrogens is 1. The average molecular weight is 700 g/mol. The summed E-state index contributed by atoms with van der Waals surface area (Å²) in [7, 11) is -3.90. The molecule has 2 saturated carbocycles. The van der Waals surface area contributed by atoms with Crippen molar-refractivity contribution in [1.82, 2.24) is 25.2 Å². The second kappa shape index (κ2) is 12.8. The van der Waals surface area contributed by atoms with Crippen LogP contribution in [0.1, 0.15) is 67.2 Å². The van der Waals surface area contributed by atoms with Gasteiger partial charge in [0.05, 0.1) is 11.8 Å². The Labute approximate surface area is 286 Å². The summed E-state index contributed by atoms with van der Waals surface area (Å²) < 4.78 is 39.1. The molecule has 14 nitrogen and oxygen atoms in total. The highest BCUT2D eigenvalue weighted by Crippen LogP contribution is 2.45. The Morgan fingerprint density at radius 1 is 1.10 bits per heavy atom. The number of benzene rings is 1. The van der Waals surface area contributed by atoms with Crippen molar-refractivity contribution in [3.63, 3.8) is 0 Å². The molecule has 5 atom stereocenters. The normalized spacial score (nSPS) is 24.4. The van der Waals surface area contributed by atoms with Gasteiger partial charge >= 0.3 is 6.09 Å². The van der Waals surface area contributed by atoms with E-state index in [1.807, 2.05) is 0 Å². The Bertz CT molecular complexity index is 1780. The number of aromatic hydroxyl groups is 1. The van der Waals surface area contributed by atoms with E-state index in [9.17, 15) is 32.7 Å². The van der Waals surface area contributed by atoms with E-state index in [1.54, 1.807) is 59.7 Å². The third kappa shape index (κ3) is 7.76. The highest BCUT2D eigenvalue weighted by molar-refractivity contribution is 7.91. The fraction of sp³-hybridized carbons (Fsp3) is 0.559. The number of alkyl carbamates (subject to hydrolysis) is 1. The molecule has 2 aromatic rings. The number of nitrogens with one attached hydrogen (secondary N) is 3. The first kappa shape index (κ1) is 35.9. The minimum absolute atomic E-state index is 0.0193. The second-order valence-corrected chi connectivity index (χ2v) is 17.1. The Morgan fingerprint density at radius 2 is 1.80 bits per heavy atom. The summed E-state index contributed by atoms with van der Waals surface area (Å²) in [4.78, 5) is 60.4. The Kier molecular flexibility index (Phi) is 9.38. The molecule has 0 bridgehead atoms. The number of carbonyl (C=O) groups is 4. The topological polar surface area (TPSA) is 193 Å². The number of ether oxygens (including phenoxy) is 2. The molecule has 1 saturated heterocycles. The smallest absolute Gasteiger partial charge is 0.408 e. The van der Waals surface area contributed by atoms with E-state index in [0.29, 0.717) is 23.6 Å². The number of pyridine rings is 1. The first-order valence-electron chi connectivity index (χ1n) is 16.3. The molecule has 1 aromatic heterocycles. The summed E-state index contributed by atoms with van der Waals surface area (Å²) in [6, 6.07) is 4.22. The summed E-state index contributed by atoms with van der Waals surface area (Å²) in [6.07, 6.45) is 2.38. The van der Waals surface area contributed by atoms with Gasteiger partial charge in [-0.3, -0.25) is 19.1 Å². The first-order valence-corrected chi connectivity index (χ1v) is 17.8. The van der Waals surface area contributed by atoms with Crippen LogP contribution in [0.2, 0.25) is 0 Å². The van der Waals surface area contributed by atoms with Crippen LogP contribution in [0.4, 0.5) is 4.79 Å². The quantitative estimate of drug-likeness (QED) is 0.268. The van der Waals surface area contributed by atoms with Crippen molar-refractivity contribution >= 4 is 44.6 Å². The predicted molar refractivity (Wildman–Crippen MR) is 180 cm³/mol. The van der Waals surface area contributed by atoms with Gasteiger partial charge in [-0.05, 0) is 63.6 Å². The Balaban J connectivity index is 1.44. The summed E-state index contributed by atoms with van der Waals surface area (Å²) in [5.74, 6) is -2.47. The van der Waals surface area contributed by atoms with E-state index >= 15 is 0 Å². The largest absolute Gasteiger partial charge is 0.507 e. The monoisotopic (exact) mass is 699 g/mol. The molecule has 1 aliphatic heterocycles. The van der Waals surface area contributed by atoms with E-state index in [-0.39, 0.29) is 31.0 Å². The van der Waals surface area contributed by atoms with Crippen molar-refractivity contribution in [2.75, 3.05) is 6.54 Å². The van der Waals surface area contributed by atoms with E-state index in [4.69, 9.17) is 9.47 Å². The fourth-order valence-electron chi connectivity index (χ4n) is 6.05. The third-order valence-corrected chi connectivity index (χ3v) is 10.7. The van der Waals surface area contributed by atoms with Crippen LogP contribution in [0.25, 0.3) is 10.8 Å². The van der Waals surface area contributed by atoms with Gasteiger partial charge in [0.25, 0.3) is 5.91 Å². The zero-order valence-corrected chi connectivity index (χ0v) is 29.4. The number of hydrogen-bond donors (Lipinski definition) is 4. The van der Waals surface area contributed by atoms with Crippen LogP contribution >= 0.6 is 0 Å². The number of carbonyl (C=O) groups excluding carboxylic acids is 4. The Morgan fingerprint density at radius 3 is 2.39 bits per heavy atom. The number of fused-ring (bicyclic) bond motifs is 1. The molecule has 0 unspecified atom stereocenters. The molecule has 49 heavy (non-hydrogen) atoms. The Hall–Kier alpha value is -4.40. The minimum atomic E-state index is -3.90. The van der Waals surface area contributed by atoms with E-state index in [2.05, 4.69) is 26.9 Å². The van der Waals surface area contributed by atoms with Gasteiger partial charge in [0, 0.05) is 29.3 Å². The number of phenolic OH excluding ortho intramolecular Hbond substituents is 1. The van der Waals surface area contributed by atoms with Crippen molar-refractivity contribution in [2.24, 2.45) is 11.3 Å². The molecular formula is C34H45N5O9S. The summed E-state index contributed by atoms with van der Waals surface area (Å²) in [5.41, 5.74) is -3.23. The highest BCUT2D eigenvalue weighted by atomic mass is 32.2. The molecule has 0 radical (unpaired) electrons. The highest BCUT2D eigenvalue weighted by Gasteiger charge is 2.62. The molecule has 15 heteroatoms. The molecule has 266 valence electrons. The van der Waals surface area contributed by atoms with Gasteiger partial charge in [0.15, 0.2) is 0 Å². The summed E-state index contributed by atoms with van der Waals surface area (Å²) in [6.45, 7) is 14.0. The minimum Gasteiger partial charge on any atom is -0.507 e. The zero-order chi connectivity index (χ0) is 36.1. The van der Waals surface area contributed by atoms with Crippen molar-refractivity contribution in [3.05, 3.63) is 43.1 Å². The maximum Gasteiger partial charge on any atom is 0.408 e. The van der Waals surface area contributed by atoms with Crippen LogP contribution in [0.5, 0.6) is 11.6 Å². The summed E-state index contributed by atoms with van der Waals surface area (Å²) >= 11 is 0. The molecule has 4 amide bonds. The molecule has 2 heterocycles. The molecule has 3 fully saturated rings. The molecular weight excluding hydrogens is 654 g/mol. The SMILES string of the molecule is C=C[C@@H]1C[C@]1(NC(=O)[C@H]1C[C@@H](Oc2nccc3c(O)cccc23)CN1C(=O)[C@@H](NC(=O)OC(C)(C)C)C(C)(C)C)C(=O)NS(=O)(=O)C1CC1. The van der Waals surface area contributed by atoms with E-state index < -0.39 is 79.7 Å². The maximum atomic E-state index is 14.4. The second-order valence-electron chi connectivity index (χ2n) is 15.1. The van der Waals surface area contributed by atoms with Gasteiger partial charge < -0.3 is 30.1 Å². The lowest BCUT2D eigenvalue weighted by molar-refractivity contribution is -0.143. The number of hydrogen-bond acceptors (Lipinski definition) is 10. The predicted octanol–water partition coefficient (Wildman–Crippen LogP) is 2.90. The lowest BCUT2D eigenvalue weighted by Crippen LogP contribution is -2.60. The van der Waals surface area contributed by atoms with Crippen LogP contribution < -0.4 is 20.1 Å². The number of nitrogens with zero attached hydrogens (tertiary/aromatic N) is 2. The van der Waals surface area contributed by atoms with Crippen LogP contribution in [0.3, 0.4) is 0 Å². The number of sulfonamides is 1. The average Bonchev–Trinajstić information content (AvgIpc) is 3.91. The molecule has 0 spiro atoms. The summed E-state index contributed by atoms with van der Waals surface area (Å²) in [5, 5.41) is 16.2. The van der Waals surface area contributed by atoms with Gasteiger partial charge in [0.2, 0.25) is 27.7 Å². The van der Waals surface area contributed by atoms with Crippen molar-refractivity contribution in [2.45, 2.75) is 102 Å². The number of amides is 4. The van der Waals surface area contributed by atoms with E-state index in [1.165, 1.54) is 23.2 Å². The molecule has 3 aliphatic rings. The van der Waals surface area contributed by atoms with E-state index in [0.717, 1.165) is 0 Å². The van der Waals surface area contributed by atoms with Crippen LogP contribution in [0.15, 0.2) is 43.1 Å². The molecule has 5 rings (SSSR count). The van der Waals surface area contributed by atoms with Crippen LogP contribution in [0, 0.1) is 11.3 Å². The molecule has 4 N–H and O–H groups in total.